The molecule has 1 aromatic carbocycles. The lowest BCUT2D eigenvalue weighted by Crippen LogP contribution is -2.16. The van der Waals surface area contributed by atoms with E-state index in [1.54, 1.807) is 11.8 Å². The van der Waals surface area contributed by atoms with Gasteiger partial charge in [-0.1, -0.05) is 17.7 Å². The summed E-state index contributed by atoms with van der Waals surface area (Å²) >= 11 is 1.63. The summed E-state index contributed by atoms with van der Waals surface area (Å²) in [5.74, 6) is 6.12. The van der Waals surface area contributed by atoms with Crippen LogP contribution in [0.2, 0.25) is 0 Å². The standard InChI is InChI=1S/C9H13N3S/c1-7-3-2-4-8(5-7)13-6-9(10)12-11/h2-5H,6,11H2,1H3,(H2,10,12). The molecule has 0 spiro atoms. The van der Waals surface area contributed by atoms with E-state index < -0.39 is 0 Å². The van der Waals surface area contributed by atoms with Gasteiger partial charge in [-0.2, -0.15) is 5.10 Å². The molecular formula is C9H13N3S. The van der Waals surface area contributed by atoms with E-state index in [9.17, 15) is 0 Å². The predicted octanol–water partition coefficient (Wildman–Crippen LogP) is 1.32. The summed E-state index contributed by atoms with van der Waals surface area (Å²) in [7, 11) is 0. The van der Waals surface area contributed by atoms with Gasteiger partial charge in [0.05, 0.1) is 5.75 Å². The van der Waals surface area contributed by atoms with Gasteiger partial charge in [-0.3, -0.25) is 0 Å². The Morgan fingerprint density at radius 3 is 2.92 bits per heavy atom. The summed E-state index contributed by atoms with van der Waals surface area (Å²) < 4.78 is 0. The quantitative estimate of drug-likeness (QED) is 0.251. The Balaban J connectivity index is 2.55. The summed E-state index contributed by atoms with van der Waals surface area (Å²) in [5.41, 5.74) is 6.71. The van der Waals surface area contributed by atoms with Crippen LogP contribution in [-0.2, 0) is 0 Å². The fraction of sp³-hybridized carbons (Fsp3) is 0.222. The number of amidine groups is 1. The lowest BCUT2D eigenvalue weighted by molar-refractivity contribution is 1.22. The van der Waals surface area contributed by atoms with E-state index in [1.165, 1.54) is 10.5 Å². The van der Waals surface area contributed by atoms with Crippen LogP contribution in [0, 0.1) is 6.92 Å². The molecule has 0 aliphatic heterocycles. The molecule has 1 rings (SSSR count). The first-order valence-electron chi connectivity index (χ1n) is 3.94. The Morgan fingerprint density at radius 2 is 2.31 bits per heavy atom. The van der Waals surface area contributed by atoms with Gasteiger partial charge in [0, 0.05) is 4.90 Å². The first-order valence-corrected chi connectivity index (χ1v) is 4.92. The number of benzene rings is 1. The average Bonchev–Trinajstić information content (AvgIpc) is 2.14. The first-order chi connectivity index (χ1) is 6.22. The maximum atomic E-state index is 5.46. The van der Waals surface area contributed by atoms with Crippen LogP contribution in [0.15, 0.2) is 34.3 Å². The Labute approximate surface area is 82.2 Å². The van der Waals surface area contributed by atoms with E-state index in [4.69, 9.17) is 11.6 Å². The van der Waals surface area contributed by atoms with E-state index in [0.29, 0.717) is 11.6 Å². The zero-order chi connectivity index (χ0) is 9.68. The van der Waals surface area contributed by atoms with Gasteiger partial charge in [-0.15, -0.1) is 11.8 Å². The largest absolute Gasteiger partial charge is 0.385 e. The minimum atomic E-state index is 0.464. The van der Waals surface area contributed by atoms with Crippen molar-refractivity contribution in [3.63, 3.8) is 0 Å². The van der Waals surface area contributed by atoms with Gasteiger partial charge in [0.2, 0.25) is 0 Å². The highest BCUT2D eigenvalue weighted by Gasteiger charge is 1.96. The summed E-state index contributed by atoms with van der Waals surface area (Å²) in [6, 6.07) is 8.23. The van der Waals surface area contributed by atoms with Crippen LogP contribution in [0.4, 0.5) is 0 Å². The Bertz CT molecular complexity index is 309. The van der Waals surface area contributed by atoms with Crippen LogP contribution < -0.4 is 11.6 Å². The Hall–Kier alpha value is -1.16. The maximum Gasteiger partial charge on any atom is 0.129 e. The highest BCUT2D eigenvalue weighted by molar-refractivity contribution is 8.00. The number of hydrogen-bond acceptors (Lipinski definition) is 3. The van der Waals surface area contributed by atoms with Crippen LogP contribution in [0.3, 0.4) is 0 Å². The zero-order valence-electron chi connectivity index (χ0n) is 7.53. The first kappa shape index (κ1) is 9.92. The summed E-state index contributed by atoms with van der Waals surface area (Å²) in [5, 5.41) is 3.40. The molecule has 0 atom stereocenters. The number of nitrogens with zero attached hydrogens (tertiary/aromatic N) is 1. The normalized spacial score (nSPS) is 11.6. The molecule has 0 saturated carbocycles. The van der Waals surface area contributed by atoms with Crippen molar-refractivity contribution in [3.05, 3.63) is 29.8 Å². The SMILES string of the molecule is Cc1cccc(SCC(N)=NN)c1. The van der Waals surface area contributed by atoms with Crippen molar-refractivity contribution in [2.24, 2.45) is 16.7 Å². The van der Waals surface area contributed by atoms with E-state index >= 15 is 0 Å². The van der Waals surface area contributed by atoms with E-state index in [0.717, 1.165) is 0 Å². The van der Waals surface area contributed by atoms with Gasteiger partial charge in [0.15, 0.2) is 0 Å². The highest BCUT2D eigenvalue weighted by Crippen LogP contribution is 2.18. The zero-order valence-corrected chi connectivity index (χ0v) is 8.34. The predicted molar refractivity (Wildman–Crippen MR) is 57.7 cm³/mol. The molecule has 4 N–H and O–H groups in total. The molecule has 0 radical (unpaired) electrons. The fourth-order valence-corrected chi connectivity index (χ4v) is 1.73. The van der Waals surface area contributed by atoms with Crippen LogP contribution in [-0.4, -0.2) is 11.6 Å². The van der Waals surface area contributed by atoms with Crippen molar-refractivity contribution in [1.82, 2.24) is 0 Å². The van der Waals surface area contributed by atoms with Gasteiger partial charge < -0.3 is 11.6 Å². The molecule has 0 aromatic heterocycles. The molecule has 4 heteroatoms. The number of thioether (sulfide) groups is 1. The third-order valence-electron chi connectivity index (χ3n) is 1.54. The van der Waals surface area contributed by atoms with E-state index in [-0.39, 0.29) is 0 Å². The van der Waals surface area contributed by atoms with Gasteiger partial charge in [-0.05, 0) is 19.1 Å². The van der Waals surface area contributed by atoms with Crippen LogP contribution in [0.5, 0.6) is 0 Å². The van der Waals surface area contributed by atoms with Crippen LogP contribution >= 0.6 is 11.8 Å². The van der Waals surface area contributed by atoms with Crippen molar-refractivity contribution in [2.75, 3.05) is 5.75 Å². The summed E-state index contributed by atoms with van der Waals surface area (Å²) in [6.07, 6.45) is 0. The number of hydrogen-bond donors (Lipinski definition) is 2. The molecular weight excluding hydrogens is 182 g/mol. The van der Waals surface area contributed by atoms with Crippen molar-refractivity contribution in [3.8, 4) is 0 Å². The molecule has 0 heterocycles. The minimum Gasteiger partial charge on any atom is -0.385 e. The van der Waals surface area contributed by atoms with E-state index in [1.807, 2.05) is 12.1 Å². The van der Waals surface area contributed by atoms with Crippen molar-refractivity contribution >= 4 is 17.6 Å². The molecule has 0 saturated heterocycles. The lowest BCUT2D eigenvalue weighted by atomic mass is 10.2. The third-order valence-corrected chi connectivity index (χ3v) is 2.57. The Morgan fingerprint density at radius 1 is 1.54 bits per heavy atom. The second-order valence-electron chi connectivity index (χ2n) is 2.73. The second-order valence-corrected chi connectivity index (χ2v) is 3.77. The second kappa shape index (κ2) is 4.77. The fourth-order valence-electron chi connectivity index (χ4n) is 0.900. The molecule has 0 aliphatic rings. The van der Waals surface area contributed by atoms with E-state index in [2.05, 4.69) is 24.2 Å². The van der Waals surface area contributed by atoms with Crippen LogP contribution in [0.1, 0.15) is 5.56 Å². The third kappa shape index (κ3) is 3.38. The van der Waals surface area contributed by atoms with Crippen molar-refractivity contribution in [1.29, 1.82) is 0 Å². The molecule has 1 aromatic rings. The molecule has 70 valence electrons. The maximum absolute atomic E-state index is 5.46. The van der Waals surface area contributed by atoms with Crippen molar-refractivity contribution in [2.45, 2.75) is 11.8 Å². The van der Waals surface area contributed by atoms with Gasteiger partial charge in [0.25, 0.3) is 0 Å². The topological polar surface area (TPSA) is 64.4 Å². The summed E-state index contributed by atoms with van der Waals surface area (Å²) in [6.45, 7) is 2.06. The van der Waals surface area contributed by atoms with Gasteiger partial charge in [0.1, 0.15) is 5.84 Å². The molecule has 0 bridgehead atoms. The monoisotopic (exact) mass is 195 g/mol. The number of nitrogens with two attached hydrogens (primary N) is 2. The molecule has 0 aliphatic carbocycles. The number of aryl methyl sites for hydroxylation is 1. The molecule has 0 unspecified atom stereocenters. The lowest BCUT2D eigenvalue weighted by Gasteiger charge is -2.01. The minimum absolute atomic E-state index is 0.464. The van der Waals surface area contributed by atoms with Crippen molar-refractivity contribution < 1.29 is 0 Å². The number of hydrazone groups is 1. The van der Waals surface area contributed by atoms with Gasteiger partial charge >= 0.3 is 0 Å². The van der Waals surface area contributed by atoms with Gasteiger partial charge in [-0.25, -0.2) is 0 Å². The van der Waals surface area contributed by atoms with Crippen LogP contribution in [0.25, 0.3) is 0 Å². The molecule has 0 amide bonds. The smallest absolute Gasteiger partial charge is 0.129 e. The number of rotatable bonds is 3. The Kier molecular flexibility index (Phi) is 3.64. The highest BCUT2D eigenvalue weighted by atomic mass is 32.2. The molecule has 0 fully saturated rings. The average molecular weight is 195 g/mol. The summed E-state index contributed by atoms with van der Waals surface area (Å²) in [4.78, 5) is 1.19. The molecule has 13 heavy (non-hydrogen) atoms. The molecule has 3 nitrogen and oxygen atoms in total.